The second-order valence-electron chi connectivity index (χ2n) is 6.73. The summed E-state index contributed by atoms with van der Waals surface area (Å²) in [6, 6.07) is 0.838. The number of nitrogens with one attached hydrogen (secondary N) is 1. The first-order valence-electron chi connectivity index (χ1n) is 8.62. The molecule has 0 heterocycles. The first kappa shape index (κ1) is 14.4. The van der Waals surface area contributed by atoms with Gasteiger partial charge in [0.15, 0.2) is 0 Å². The van der Waals surface area contributed by atoms with Gasteiger partial charge in [-0.2, -0.15) is 0 Å². The molecule has 2 unspecified atom stereocenters. The summed E-state index contributed by atoms with van der Waals surface area (Å²) < 4.78 is 0. The SMILES string of the molecule is CCC1CCCC(NCCC2CCCCC2)CC1. The molecule has 2 aliphatic carbocycles. The monoisotopic (exact) mass is 251 g/mol. The quantitative estimate of drug-likeness (QED) is 0.685. The Morgan fingerprint density at radius 1 is 0.778 bits per heavy atom. The zero-order chi connectivity index (χ0) is 12.6. The summed E-state index contributed by atoms with van der Waals surface area (Å²) in [5.74, 6) is 2.07. The Morgan fingerprint density at radius 3 is 2.33 bits per heavy atom. The van der Waals surface area contributed by atoms with Crippen molar-refractivity contribution in [2.24, 2.45) is 11.8 Å². The van der Waals surface area contributed by atoms with Crippen molar-refractivity contribution in [1.29, 1.82) is 0 Å². The standard InChI is InChI=1S/C17H33N/c1-2-15-9-6-10-17(12-11-15)18-14-13-16-7-4-3-5-8-16/h15-18H,2-14H2,1H3. The molecule has 0 radical (unpaired) electrons. The van der Waals surface area contributed by atoms with Crippen LogP contribution in [0.2, 0.25) is 0 Å². The molecule has 0 spiro atoms. The number of hydrogen-bond donors (Lipinski definition) is 1. The lowest BCUT2D eigenvalue weighted by molar-refractivity contribution is 0.322. The van der Waals surface area contributed by atoms with Gasteiger partial charge in [-0.1, -0.05) is 58.3 Å². The minimum Gasteiger partial charge on any atom is -0.314 e. The number of rotatable bonds is 5. The third-order valence-electron chi connectivity index (χ3n) is 5.38. The van der Waals surface area contributed by atoms with Crippen LogP contribution in [0.15, 0.2) is 0 Å². The van der Waals surface area contributed by atoms with E-state index in [2.05, 4.69) is 12.2 Å². The van der Waals surface area contributed by atoms with Crippen molar-refractivity contribution in [3.8, 4) is 0 Å². The van der Waals surface area contributed by atoms with Crippen molar-refractivity contribution in [1.82, 2.24) is 5.32 Å². The summed E-state index contributed by atoms with van der Waals surface area (Å²) in [5.41, 5.74) is 0. The molecule has 2 atom stereocenters. The van der Waals surface area contributed by atoms with E-state index in [1.54, 1.807) is 0 Å². The summed E-state index contributed by atoms with van der Waals surface area (Å²) in [6.07, 6.45) is 17.6. The summed E-state index contributed by atoms with van der Waals surface area (Å²) in [6.45, 7) is 3.65. The molecule has 0 aliphatic heterocycles. The van der Waals surface area contributed by atoms with Crippen molar-refractivity contribution >= 4 is 0 Å². The van der Waals surface area contributed by atoms with E-state index in [9.17, 15) is 0 Å². The van der Waals surface area contributed by atoms with Gasteiger partial charge in [0.2, 0.25) is 0 Å². The average Bonchev–Trinajstić information content (AvgIpc) is 2.65. The Bertz CT molecular complexity index is 208. The van der Waals surface area contributed by atoms with Crippen LogP contribution in [0.3, 0.4) is 0 Å². The van der Waals surface area contributed by atoms with Gasteiger partial charge in [-0.3, -0.25) is 0 Å². The van der Waals surface area contributed by atoms with Gasteiger partial charge in [-0.15, -0.1) is 0 Å². The first-order chi connectivity index (χ1) is 8.88. The topological polar surface area (TPSA) is 12.0 Å². The molecule has 1 N–H and O–H groups in total. The van der Waals surface area contributed by atoms with E-state index < -0.39 is 0 Å². The third-order valence-corrected chi connectivity index (χ3v) is 5.38. The molecule has 2 saturated carbocycles. The third kappa shape index (κ3) is 4.91. The zero-order valence-corrected chi connectivity index (χ0v) is 12.4. The molecule has 2 rings (SSSR count). The molecule has 0 amide bonds. The first-order valence-corrected chi connectivity index (χ1v) is 8.62. The fourth-order valence-corrected chi connectivity index (χ4v) is 3.96. The van der Waals surface area contributed by atoms with Crippen LogP contribution in [0.1, 0.15) is 84.0 Å². The lowest BCUT2D eigenvalue weighted by Gasteiger charge is -2.23. The molecule has 18 heavy (non-hydrogen) atoms. The number of hydrogen-bond acceptors (Lipinski definition) is 1. The molecule has 1 heteroatoms. The Labute approximate surface area is 114 Å². The molecule has 0 aromatic carbocycles. The molecular weight excluding hydrogens is 218 g/mol. The molecule has 2 fully saturated rings. The normalized spacial score (nSPS) is 31.2. The maximum atomic E-state index is 3.85. The molecule has 106 valence electrons. The maximum absolute atomic E-state index is 3.85. The maximum Gasteiger partial charge on any atom is 0.00671 e. The Balaban J connectivity index is 1.58. The highest BCUT2D eigenvalue weighted by atomic mass is 14.9. The van der Waals surface area contributed by atoms with Gasteiger partial charge >= 0.3 is 0 Å². The van der Waals surface area contributed by atoms with Gasteiger partial charge < -0.3 is 5.32 Å². The molecule has 2 aliphatic rings. The van der Waals surface area contributed by atoms with E-state index in [-0.39, 0.29) is 0 Å². The highest BCUT2D eigenvalue weighted by Crippen LogP contribution is 2.27. The van der Waals surface area contributed by atoms with E-state index in [4.69, 9.17) is 0 Å². The lowest BCUT2D eigenvalue weighted by Crippen LogP contribution is -2.30. The van der Waals surface area contributed by atoms with E-state index in [1.807, 2.05) is 0 Å². The minimum atomic E-state index is 0.838. The van der Waals surface area contributed by atoms with Gasteiger partial charge in [0.1, 0.15) is 0 Å². The average molecular weight is 251 g/mol. The predicted octanol–water partition coefficient (Wildman–Crippen LogP) is 4.91. The Kier molecular flexibility index (Phi) is 6.54. The summed E-state index contributed by atoms with van der Waals surface area (Å²) in [7, 11) is 0. The van der Waals surface area contributed by atoms with E-state index in [0.717, 1.165) is 17.9 Å². The Morgan fingerprint density at radius 2 is 1.56 bits per heavy atom. The van der Waals surface area contributed by atoms with Crippen LogP contribution >= 0.6 is 0 Å². The molecule has 1 nitrogen and oxygen atoms in total. The van der Waals surface area contributed by atoms with Gasteiger partial charge in [0, 0.05) is 6.04 Å². The van der Waals surface area contributed by atoms with Gasteiger partial charge in [-0.25, -0.2) is 0 Å². The molecular formula is C17H33N. The van der Waals surface area contributed by atoms with Crippen LogP contribution in [-0.4, -0.2) is 12.6 Å². The largest absolute Gasteiger partial charge is 0.314 e. The van der Waals surface area contributed by atoms with Crippen LogP contribution in [0.5, 0.6) is 0 Å². The summed E-state index contributed by atoms with van der Waals surface area (Å²) >= 11 is 0. The van der Waals surface area contributed by atoms with Crippen LogP contribution in [0, 0.1) is 11.8 Å². The fraction of sp³-hybridized carbons (Fsp3) is 1.00. The lowest BCUT2D eigenvalue weighted by atomic mass is 9.87. The van der Waals surface area contributed by atoms with Crippen LogP contribution in [0.4, 0.5) is 0 Å². The summed E-state index contributed by atoms with van der Waals surface area (Å²) in [4.78, 5) is 0. The van der Waals surface area contributed by atoms with Crippen molar-refractivity contribution in [2.45, 2.75) is 90.0 Å². The van der Waals surface area contributed by atoms with Crippen LogP contribution in [0.25, 0.3) is 0 Å². The zero-order valence-electron chi connectivity index (χ0n) is 12.4. The van der Waals surface area contributed by atoms with Gasteiger partial charge in [0.05, 0.1) is 0 Å². The van der Waals surface area contributed by atoms with E-state index >= 15 is 0 Å². The predicted molar refractivity (Wildman–Crippen MR) is 79.8 cm³/mol. The molecule has 0 bridgehead atoms. The van der Waals surface area contributed by atoms with Crippen LogP contribution < -0.4 is 5.32 Å². The second-order valence-corrected chi connectivity index (χ2v) is 6.73. The van der Waals surface area contributed by atoms with Gasteiger partial charge in [0.25, 0.3) is 0 Å². The van der Waals surface area contributed by atoms with Crippen molar-refractivity contribution in [3.05, 3.63) is 0 Å². The van der Waals surface area contributed by atoms with E-state index in [1.165, 1.54) is 83.6 Å². The fourth-order valence-electron chi connectivity index (χ4n) is 3.96. The van der Waals surface area contributed by atoms with Crippen LogP contribution in [-0.2, 0) is 0 Å². The van der Waals surface area contributed by atoms with Crippen molar-refractivity contribution in [3.63, 3.8) is 0 Å². The smallest absolute Gasteiger partial charge is 0.00671 e. The highest BCUT2D eigenvalue weighted by Gasteiger charge is 2.18. The Hall–Kier alpha value is -0.0400. The second kappa shape index (κ2) is 8.19. The minimum absolute atomic E-state index is 0.838. The van der Waals surface area contributed by atoms with Crippen molar-refractivity contribution in [2.75, 3.05) is 6.54 Å². The highest BCUT2D eigenvalue weighted by molar-refractivity contribution is 4.75. The van der Waals surface area contributed by atoms with Gasteiger partial charge in [-0.05, 0) is 44.1 Å². The van der Waals surface area contributed by atoms with E-state index in [0.29, 0.717) is 0 Å². The van der Waals surface area contributed by atoms with Crippen molar-refractivity contribution < 1.29 is 0 Å². The summed E-state index contributed by atoms with van der Waals surface area (Å²) in [5, 5.41) is 3.85. The molecule has 0 aromatic heterocycles. The molecule has 0 aromatic rings. The molecule has 0 saturated heterocycles.